The number of halogens is 2. The van der Waals surface area contributed by atoms with Crippen LogP contribution in [0.4, 0.5) is 4.39 Å². The number of rotatable bonds is 7. The standard InChI is InChI=1S/C21H25ClFN3O4S/c1-24(14-16-4-3-5-17(12-16)30-2)21(27)15-25-8-10-26(11-9-25)31(28,29)18-6-7-20(23)19(22)13-18/h3-7,12-13H,8-11,14-15H2,1-2H3. The smallest absolute Gasteiger partial charge is 0.243 e. The molecule has 0 N–H and O–H groups in total. The Hall–Kier alpha value is -2.20. The molecule has 1 fully saturated rings. The first-order valence-electron chi connectivity index (χ1n) is 9.75. The number of piperazine rings is 1. The monoisotopic (exact) mass is 469 g/mol. The van der Waals surface area contributed by atoms with Crippen LogP contribution in [-0.4, -0.2) is 75.3 Å². The maximum absolute atomic E-state index is 13.4. The van der Waals surface area contributed by atoms with E-state index in [2.05, 4.69) is 0 Å². The SMILES string of the molecule is COc1cccc(CN(C)C(=O)CN2CCN(S(=O)(=O)c3ccc(F)c(Cl)c3)CC2)c1. The normalized spacial score (nSPS) is 15.6. The first kappa shape index (κ1) is 23.5. The van der Waals surface area contributed by atoms with Crippen LogP contribution < -0.4 is 4.74 Å². The highest BCUT2D eigenvalue weighted by Gasteiger charge is 2.30. The summed E-state index contributed by atoms with van der Waals surface area (Å²) < 4.78 is 45.5. The molecule has 0 bridgehead atoms. The van der Waals surface area contributed by atoms with Crippen molar-refractivity contribution in [3.8, 4) is 5.75 Å². The molecule has 3 rings (SSSR count). The molecule has 31 heavy (non-hydrogen) atoms. The summed E-state index contributed by atoms with van der Waals surface area (Å²) in [6.07, 6.45) is 0. The van der Waals surface area contributed by atoms with Crippen molar-refractivity contribution in [3.63, 3.8) is 0 Å². The lowest BCUT2D eigenvalue weighted by Gasteiger charge is -2.34. The number of carbonyl (C=O) groups is 1. The molecule has 0 unspecified atom stereocenters. The van der Waals surface area contributed by atoms with Gasteiger partial charge in [-0.25, -0.2) is 12.8 Å². The number of hydrogen-bond acceptors (Lipinski definition) is 5. The van der Waals surface area contributed by atoms with Crippen molar-refractivity contribution < 1.29 is 22.3 Å². The van der Waals surface area contributed by atoms with Crippen LogP contribution in [0.25, 0.3) is 0 Å². The van der Waals surface area contributed by atoms with E-state index in [1.54, 1.807) is 19.1 Å². The lowest BCUT2D eigenvalue weighted by Crippen LogP contribution is -2.51. The summed E-state index contributed by atoms with van der Waals surface area (Å²) in [4.78, 5) is 16.1. The predicted molar refractivity (Wildman–Crippen MR) is 116 cm³/mol. The van der Waals surface area contributed by atoms with Crippen molar-refractivity contribution in [1.82, 2.24) is 14.1 Å². The lowest BCUT2D eigenvalue weighted by molar-refractivity contribution is -0.131. The fourth-order valence-electron chi connectivity index (χ4n) is 3.36. The molecular weight excluding hydrogens is 445 g/mol. The van der Waals surface area contributed by atoms with Crippen LogP contribution in [0.2, 0.25) is 5.02 Å². The van der Waals surface area contributed by atoms with Crippen LogP contribution in [0.15, 0.2) is 47.4 Å². The Morgan fingerprint density at radius 2 is 1.87 bits per heavy atom. The number of carbonyl (C=O) groups excluding carboxylic acids is 1. The van der Waals surface area contributed by atoms with Crippen LogP contribution in [0.5, 0.6) is 5.75 Å². The summed E-state index contributed by atoms with van der Waals surface area (Å²) in [5, 5.41) is -0.232. The van der Waals surface area contributed by atoms with Crippen molar-refractivity contribution >= 4 is 27.5 Å². The van der Waals surface area contributed by atoms with Crippen LogP contribution in [0.1, 0.15) is 5.56 Å². The van der Waals surface area contributed by atoms with Gasteiger partial charge in [0.15, 0.2) is 0 Å². The summed E-state index contributed by atoms with van der Waals surface area (Å²) in [5.74, 6) is 0.0181. The minimum Gasteiger partial charge on any atom is -0.497 e. The third-order valence-corrected chi connectivity index (χ3v) is 7.38. The molecule has 168 valence electrons. The molecule has 0 atom stereocenters. The number of likely N-dealkylation sites (N-methyl/N-ethyl adjacent to an activating group) is 1. The zero-order valence-corrected chi connectivity index (χ0v) is 19.0. The summed E-state index contributed by atoms with van der Waals surface area (Å²) in [6.45, 7) is 1.99. The summed E-state index contributed by atoms with van der Waals surface area (Å²) in [5.41, 5.74) is 0.962. The topological polar surface area (TPSA) is 70.2 Å². The Balaban J connectivity index is 1.54. The third kappa shape index (κ3) is 5.74. The van der Waals surface area contributed by atoms with Gasteiger partial charge in [-0.2, -0.15) is 4.31 Å². The first-order valence-corrected chi connectivity index (χ1v) is 11.6. The molecule has 0 saturated carbocycles. The van der Waals surface area contributed by atoms with Gasteiger partial charge in [-0.3, -0.25) is 9.69 Å². The fraction of sp³-hybridized carbons (Fsp3) is 0.381. The highest BCUT2D eigenvalue weighted by atomic mass is 35.5. The van der Waals surface area contributed by atoms with Gasteiger partial charge >= 0.3 is 0 Å². The van der Waals surface area contributed by atoms with Gasteiger partial charge in [-0.15, -0.1) is 0 Å². The summed E-state index contributed by atoms with van der Waals surface area (Å²) in [7, 11) is -0.436. The van der Waals surface area contributed by atoms with E-state index >= 15 is 0 Å². The third-order valence-electron chi connectivity index (χ3n) is 5.20. The van der Waals surface area contributed by atoms with Gasteiger partial charge in [-0.05, 0) is 35.9 Å². The second kappa shape index (κ2) is 9.95. The molecule has 0 aromatic heterocycles. The van der Waals surface area contributed by atoms with Crippen molar-refractivity contribution in [2.45, 2.75) is 11.4 Å². The van der Waals surface area contributed by atoms with Crippen LogP contribution in [0.3, 0.4) is 0 Å². The number of benzene rings is 2. The van der Waals surface area contributed by atoms with E-state index in [9.17, 15) is 17.6 Å². The van der Waals surface area contributed by atoms with E-state index in [1.165, 1.54) is 10.4 Å². The maximum atomic E-state index is 13.4. The molecule has 2 aromatic rings. The highest BCUT2D eigenvalue weighted by Crippen LogP contribution is 2.23. The lowest BCUT2D eigenvalue weighted by atomic mass is 10.2. The molecule has 10 heteroatoms. The Kier molecular flexibility index (Phi) is 7.53. The van der Waals surface area contributed by atoms with Gasteiger partial charge < -0.3 is 9.64 Å². The number of amides is 1. The van der Waals surface area contributed by atoms with E-state index in [-0.39, 0.29) is 35.5 Å². The summed E-state index contributed by atoms with van der Waals surface area (Å²) >= 11 is 5.73. The average molecular weight is 470 g/mol. The molecule has 1 heterocycles. The Bertz CT molecular complexity index is 1040. The number of hydrogen-bond donors (Lipinski definition) is 0. The molecular formula is C21H25ClFN3O4S. The highest BCUT2D eigenvalue weighted by molar-refractivity contribution is 7.89. The zero-order chi connectivity index (χ0) is 22.6. The van der Waals surface area contributed by atoms with Gasteiger partial charge in [0, 0.05) is 39.8 Å². The second-order valence-electron chi connectivity index (χ2n) is 7.36. The quantitative estimate of drug-likeness (QED) is 0.623. The van der Waals surface area contributed by atoms with E-state index in [4.69, 9.17) is 16.3 Å². The molecule has 2 aromatic carbocycles. The number of methoxy groups -OCH3 is 1. The Morgan fingerprint density at radius 1 is 1.16 bits per heavy atom. The maximum Gasteiger partial charge on any atom is 0.243 e. The van der Waals surface area contributed by atoms with E-state index < -0.39 is 15.8 Å². The molecule has 1 amide bonds. The van der Waals surface area contributed by atoms with Crippen molar-refractivity contribution in [3.05, 3.63) is 58.9 Å². The van der Waals surface area contributed by atoms with E-state index in [0.29, 0.717) is 19.6 Å². The van der Waals surface area contributed by atoms with Gasteiger partial charge in [-0.1, -0.05) is 23.7 Å². The average Bonchev–Trinajstić information content (AvgIpc) is 2.76. The number of ether oxygens (including phenoxy) is 1. The van der Waals surface area contributed by atoms with Crippen LogP contribution in [-0.2, 0) is 21.4 Å². The zero-order valence-electron chi connectivity index (χ0n) is 17.4. The molecule has 7 nitrogen and oxygen atoms in total. The minimum atomic E-state index is -3.77. The molecule has 1 saturated heterocycles. The van der Waals surface area contributed by atoms with E-state index in [0.717, 1.165) is 23.4 Å². The Morgan fingerprint density at radius 3 is 2.52 bits per heavy atom. The number of sulfonamides is 1. The van der Waals surface area contributed by atoms with Gasteiger partial charge in [0.1, 0.15) is 11.6 Å². The van der Waals surface area contributed by atoms with E-state index in [1.807, 2.05) is 29.2 Å². The second-order valence-corrected chi connectivity index (χ2v) is 9.70. The molecule has 0 aliphatic carbocycles. The van der Waals surface area contributed by atoms with Crippen LogP contribution in [0, 0.1) is 5.82 Å². The molecule has 0 radical (unpaired) electrons. The molecule has 1 aliphatic heterocycles. The fourth-order valence-corrected chi connectivity index (χ4v) is 5.05. The van der Waals surface area contributed by atoms with Gasteiger partial charge in [0.05, 0.1) is 23.6 Å². The number of nitrogens with zero attached hydrogens (tertiary/aromatic N) is 3. The molecule has 0 spiro atoms. The van der Waals surface area contributed by atoms with Crippen molar-refractivity contribution in [1.29, 1.82) is 0 Å². The predicted octanol–water partition coefficient (Wildman–Crippen LogP) is 2.45. The minimum absolute atomic E-state index is 0.0403. The van der Waals surface area contributed by atoms with Crippen molar-refractivity contribution in [2.75, 3.05) is 46.9 Å². The van der Waals surface area contributed by atoms with Gasteiger partial charge in [0.2, 0.25) is 15.9 Å². The Labute approximate surface area is 187 Å². The first-order chi connectivity index (χ1) is 14.7. The van der Waals surface area contributed by atoms with Crippen molar-refractivity contribution in [2.24, 2.45) is 0 Å². The largest absolute Gasteiger partial charge is 0.497 e. The van der Waals surface area contributed by atoms with Gasteiger partial charge in [0.25, 0.3) is 0 Å². The molecule has 1 aliphatic rings. The van der Waals surface area contributed by atoms with Crippen LogP contribution >= 0.6 is 11.6 Å². The summed E-state index contributed by atoms with van der Waals surface area (Å²) in [6, 6.07) is 10.9.